The molecule has 0 unspecified atom stereocenters. The van der Waals surface area contributed by atoms with Crippen LogP contribution in [-0.4, -0.2) is 28.8 Å². The van der Waals surface area contributed by atoms with Crippen molar-refractivity contribution in [2.75, 3.05) is 18.5 Å². The van der Waals surface area contributed by atoms with E-state index in [1.807, 2.05) is 0 Å². The minimum atomic E-state index is -4.47. The van der Waals surface area contributed by atoms with Gasteiger partial charge in [0, 0.05) is 20.0 Å². The van der Waals surface area contributed by atoms with Crippen LogP contribution in [0, 0.1) is 0 Å². The molecule has 1 heterocycles. The molecule has 0 spiro atoms. The highest BCUT2D eigenvalue weighted by Crippen LogP contribution is 2.27. The number of anilines is 1. The molecular formula is C9H11F3N4S. The third kappa shape index (κ3) is 4.14. The van der Waals surface area contributed by atoms with Gasteiger partial charge in [-0.1, -0.05) is 12.2 Å². The smallest absolute Gasteiger partial charge is 0.393 e. The second kappa shape index (κ2) is 5.26. The van der Waals surface area contributed by atoms with Crippen LogP contribution in [0.4, 0.5) is 19.0 Å². The largest absolute Gasteiger partial charge is 0.435 e. The van der Waals surface area contributed by atoms with Gasteiger partial charge in [-0.25, -0.2) is 0 Å². The van der Waals surface area contributed by atoms with Gasteiger partial charge in [-0.3, -0.25) is 0 Å². The summed E-state index contributed by atoms with van der Waals surface area (Å²) in [7, 11) is 1.68. The van der Waals surface area contributed by atoms with Crippen LogP contribution in [-0.2, 0) is 6.18 Å². The van der Waals surface area contributed by atoms with Crippen molar-refractivity contribution in [1.29, 1.82) is 0 Å². The Morgan fingerprint density at radius 1 is 1.41 bits per heavy atom. The van der Waals surface area contributed by atoms with Gasteiger partial charge < -0.3 is 10.6 Å². The second-order valence-electron chi connectivity index (χ2n) is 3.41. The molecule has 0 saturated heterocycles. The van der Waals surface area contributed by atoms with Gasteiger partial charge >= 0.3 is 6.18 Å². The molecule has 0 radical (unpaired) electrons. The Morgan fingerprint density at radius 3 is 2.47 bits per heavy atom. The number of hydrogen-bond acceptors (Lipinski definition) is 4. The Hall–Kier alpha value is -1.44. The molecule has 1 rings (SSSR count). The highest BCUT2D eigenvalue weighted by Gasteiger charge is 2.32. The topological polar surface area (TPSA) is 55.0 Å². The lowest BCUT2D eigenvalue weighted by Gasteiger charge is -2.17. The zero-order chi connectivity index (χ0) is 13.1. The standard InChI is InChI=1S/C9H11F3N4S/c1-16(5-4-7(13)17)8-3-2-6(14-15-8)9(10,11)12/h2-3H,4-5H2,1H3,(H2,13,17). The summed E-state index contributed by atoms with van der Waals surface area (Å²) < 4.78 is 36.7. The van der Waals surface area contributed by atoms with Crippen molar-refractivity contribution in [3.05, 3.63) is 17.8 Å². The van der Waals surface area contributed by atoms with Crippen molar-refractivity contribution >= 4 is 23.0 Å². The maximum Gasteiger partial charge on any atom is 0.435 e. The minimum absolute atomic E-state index is 0.342. The molecule has 1 aromatic rings. The van der Waals surface area contributed by atoms with Crippen molar-refractivity contribution in [3.63, 3.8) is 0 Å². The molecule has 17 heavy (non-hydrogen) atoms. The summed E-state index contributed by atoms with van der Waals surface area (Å²) in [4.78, 5) is 1.98. The molecule has 0 bridgehead atoms. The van der Waals surface area contributed by atoms with Crippen LogP contribution in [0.15, 0.2) is 12.1 Å². The Balaban J connectivity index is 2.70. The zero-order valence-corrected chi connectivity index (χ0v) is 9.85. The third-order valence-corrected chi connectivity index (χ3v) is 2.23. The van der Waals surface area contributed by atoms with Crippen LogP contribution in [0.5, 0.6) is 0 Å². The number of thiocarbonyl (C=S) groups is 1. The van der Waals surface area contributed by atoms with Gasteiger partial charge in [0.25, 0.3) is 0 Å². The Kier molecular flexibility index (Phi) is 4.22. The first-order valence-electron chi connectivity index (χ1n) is 4.71. The first kappa shape index (κ1) is 13.6. The van der Waals surface area contributed by atoms with Gasteiger partial charge in [-0.15, -0.1) is 10.2 Å². The monoisotopic (exact) mass is 264 g/mol. The van der Waals surface area contributed by atoms with Crippen molar-refractivity contribution in [3.8, 4) is 0 Å². The van der Waals surface area contributed by atoms with Crippen molar-refractivity contribution in [1.82, 2.24) is 10.2 Å². The maximum absolute atomic E-state index is 12.2. The fourth-order valence-electron chi connectivity index (χ4n) is 1.07. The van der Waals surface area contributed by atoms with Crippen molar-refractivity contribution in [2.24, 2.45) is 5.73 Å². The van der Waals surface area contributed by atoms with E-state index in [4.69, 9.17) is 18.0 Å². The quantitative estimate of drug-likeness (QED) is 0.837. The Labute approximate surface area is 102 Å². The summed E-state index contributed by atoms with van der Waals surface area (Å²) in [6.45, 7) is 0.482. The van der Waals surface area contributed by atoms with Gasteiger partial charge in [0.05, 0.1) is 4.99 Å². The van der Waals surface area contributed by atoms with E-state index in [0.717, 1.165) is 6.07 Å². The molecule has 94 valence electrons. The molecule has 4 nitrogen and oxygen atoms in total. The van der Waals surface area contributed by atoms with E-state index in [1.165, 1.54) is 6.07 Å². The number of alkyl halides is 3. The molecule has 0 aromatic carbocycles. The predicted molar refractivity (Wildman–Crippen MR) is 61.7 cm³/mol. The SMILES string of the molecule is CN(CCC(N)=S)c1ccc(C(F)(F)F)nn1. The number of hydrogen-bond donors (Lipinski definition) is 1. The van der Waals surface area contributed by atoms with E-state index >= 15 is 0 Å². The third-order valence-electron chi connectivity index (χ3n) is 2.03. The fourth-order valence-corrected chi connectivity index (χ4v) is 1.16. The molecular weight excluding hydrogens is 253 g/mol. The summed E-state index contributed by atoms with van der Waals surface area (Å²) in [6.07, 6.45) is -4.00. The highest BCUT2D eigenvalue weighted by molar-refractivity contribution is 7.80. The van der Waals surface area contributed by atoms with Crippen LogP contribution in [0.1, 0.15) is 12.1 Å². The lowest BCUT2D eigenvalue weighted by Crippen LogP contribution is -2.24. The summed E-state index contributed by atoms with van der Waals surface area (Å²) in [5.74, 6) is 0.342. The van der Waals surface area contributed by atoms with Crippen LogP contribution in [0.25, 0.3) is 0 Å². The molecule has 8 heteroatoms. The number of nitrogens with zero attached hydrogens (tertiary/aromatic N) is 3. The average Bonchev–Trinajstić information content (AvgIpc) is 2.25. The fraction of sp³-hybridized carbons (Fsp3) is 0.444. The van der Waals surface area contributed by atoms with Gasteiger partial charge in [0.1, 0.15) is 0 Å². The average molecular weight is 264 g/mol. The van der Waals surface area contributed by atoms with E-state index in [-0.39, 0.29) is 0 Å². The van der Waals surface area contributed by atoms with Gasteiger partial charge in [-0.05, 0) is 12.1 Å². The van der Waals surface area contributed by atoms with E-state index in [9.17, 15) is 13.2 Å². The lowest BCUT2D eigenvalue weighted by atomic mass is 10.3. The molecule has 0 aliphatic heterocycles. The number of halogens is 3. The minimum Gasteiger partial charge on any atom is -0.393 e. The summed E-state index contributed by atoms with van der Waals surface area (Å²) >= 11 is 4.70. The number of aromatic nitrogens is 2. The normalized spacial score (nSPS) is 11.3. The maximum atomic E-state index is 12.2. The molecule has 1 aromatic heterocycles. The van der Waals surface area contributed by atoms with Gasteiger partial charge in [0.2, 0.25) is 0 Å². The molecule has 0 aliphatic rings. The summed E-state index contributed by atoms with van der Waals surface area (Å²) in [5, 5.41) is 6.61. The second-order valence-corrected chi connectivity index (χ2v) is 3.94. The van der Waals surface area contributed by atoms with Crippen LogP contribution in [0.3, 0.4) is 0 Å². The molecule has 0 saturated carbocycles. The molecule has 0 atom stereocenters. The predicted octanol–water partition coefficient (Wildman–Crippen LogP) is 1.61. The molecule has 0 amide bonds. The van der Waals surface area contributed by atoms with Crippen molar-refractivity contribution in [2.45, 2.75) is 12.6 Å². The van der Waals surface area contributed by atoms with Crippen LogP contribution in [0.2, 0.25) is 0 Å². The van der Waals surface area contributed by atoms with Gasteiger partial charge in [0.15, 0.2) is 11.5 Å². The Bertz CT molecular complexity index is 390. The first-order valence-corrected chi connectivity index (χ1v) is 5.12. The lowest BCUT2D eigenvalue weighted by molar-refractivity contribution is -0.141. The van der Waals surface area contributed by atoms with Crippen molar-refractivity contribution < 1.29 is 13.2 Å². The zero-order valence-electron chi connectivity index (χ0n) is 9.03. The molecule has 0 aliphatic carbocycles. The number of rotatable bonds is 4. The summed E-state index contributed by atoms with van der Waals surface area (Å²) in [5.41, 5.74) is 4.31. The van der Waals surface area contributed by atoms with E-state index in [2.05, 4.69) is 10.2 Å². The molecule has 0 fully saturated rings. The highest BCUT2D eigenvalue weighted by atomic mass is 32.1. The van der Waals surface area contributed by atoms with Crippen LogP contribution < -0.4 is 10.6 Å². The first-order chi connectivity index (χ1) is 7.80. The number of nitrogens with two attached hydrogens (primary N) is 1. The van der Waals surface area contributed by atoms with E-state index < -0.39 is 11.9 Å². The summed E-state index contributed by atoms with van der Waals surface area (Å²) in [6, 6.07) is 2.15. The Morgan fingerprint density at radius 2 is 2.06 bits per heavy atom. The molecule has 2 N–H and O–H groups in total. The van der Waals surface area contributed by atoms with E-state index in [1.54, 1.807) is 11.9 Å². The van der Waals surface area contributed by atoms with E-state index in [0.29, 0.717) is 23.8 Å². The van der Waals surface area contributed by atoms with Crippen LogP contribution >= 0.6 is 12.2 Å². The van der Waals surface area contributed by atoms with Gasteiger partial charge in [-0.2, -0.15) is 13.2 Å².